The van der Waals surface area contributed by atoms with Gasteiger partial charge < -0.3 is 19.7 Å². The van der Waals surface area contributed by atoms with Crippen LogP contribution < -0.4 is 14.8 Å². The normalized spacial score (nSPS) is 20.5. The quantitative estimate of drug-likeness (QED) is 0.232. The molecule has 0 bridgehead atoms. The Bertz CT molecular complexity index is 1610. The van der Waals surface area contributed by atoms with E-state index in [1.54, 1.807) is 26.4 Å². The van der Waals surface area contributed by atoms with Gasteiger partial charge in [-0.25, -0.2) is 0 Å². The van der Waals surface area contributed by atoms with E-state index in [0.29, 0.717) is 42.5 Å². The van der Waals surface area contributed by atoms with Crippen LogP contribution in [0.5, 0.6) is 11.5 Å². The maximum absolute atomic E-state index is 14.8. The van der Waals surface area contributed by atoms with Crippen LogP contribution in [-0.2, 0) is 35.4 Å². The van der Waals surface area contributed by atoms with E-state index in [1.807, 2.05) is 71.6 Å². The van der Waals surface area contributed by atoms with Crippen molar-refractivity contribution in [3.05, 3.63) is 125 Å². The van der Waals surface area contributed by atoms with E-state index in [1.165, 1.54) is 11.1 Å². The molecule has 0 aliphatic heterocycles. The fourth-order valence-electron chi connectivity index (χ4n) is 7.22. The van der Waals surface area contributed by atoms with Crippen LogP contribution in [0.15, 0.2) is 103 Å². The van der Waals surface area contributed by atoms with Gasteiger partial charge in [-0.1, -0.05) is 84.9 Å². The van der Waals surface area contributed by atoms with Crippen LogP contribution in [0.2, 0.25) is 0 Å². The second-order valence-electron chi connectivity index (χ2n) is 12.1. The van der Waals surface area contributed by atoms with E-state index < -0.39 is 5.54 Å². The minimum absolute atomic E-state index is 0.0495. The van der Waals surface area contributed by atoms with Gasteiger partial charge in [0.05, 0.1) is 26.3 Å². The molecule has 2 amide bonds. The Kier molecular flexibility index (Phi) is 8.69. The lowest BCUT2D eigenvalue weighted by Crippen LogP contribution is -2.62. The zero-order chi connectivity index (χ0) is 30.5. The monoisotopic (exact) mass is 588 g/mol. The van der Waals surface area contributed by atoms with Crippen molar-refractivity contribution in [2.75, 3.05) is 19.5 Å². The minimum atomic E-state index is -1.04. The largest absolute Gasteiger partial charge is 0.497 e. The van der Waals surface area contributed by atoms with Crippen LogP contribution >= 0.6 is 0 Å². The standard InChI is InChI=1S/C38H40N2O4/c1-43-33-17-18-34(35(24-33)44-2)39-37(42)38(20-19-31-22-29-15-9-10-16-30(29)23-32(31)25-38)40(26-28-13-7-4-8-14-28)36(41)21-27-11-5-3-6-12-27/h3-18,24,31-32H,19-23,25-26H2,1-2H3,(H,39,42)/t31-,32+,38+/m1/s1. The molecule has 6 heteroatoms. The van der Waals surface area contributed by atoms with Crippen LogP contribution in [0.4, 0.5) is 5.69 Å². The summed E-state index contributed by atoms with van der Waals surface area (Å²) < 4.78 is 11.0. The van der Waals surface area contributed by atoms with Gasteiger partial charge in [-0.15, -0.1) is 0 Å². The average molecular weight is 589 g/mol. The SMILES string of the molecule is COc1ccc(NC(=O)[C@]2(N(Cc3ccccc3)C(=O)Cc3ccccc3)CC[C@@H]3Cc4ccccc4C[C@H]3C2)c(OC)c1. The van der Waals surface area contributed by atoms with E-state index in [4.69, 9.17) is 9.47 Å². The Morgan fingerprint density at radius 2 is 1.43 bits per heavy atom. The van der Waals surface area contributed by atoms with Crippen LogP contribution in [0.1, 0.15) is 41.5 Å². The number of anilines is 1. The molecule has 2 aliphatic rings. The molecule has 3 atom stereocenters. The molecule has 0 unspecified atom stereocenters. The number of benzene rings is 4. The molecule has 1 fully saturated rings. The number of nitrogens with zero attached hydrogens (tertiary/aromatic N) is 1. The summed E-state index contributed by atoms with van der Waals surface area (Å²) in [7, 11) is 3.18. The maximum Gasteiger partial charge on any atom is 0.250 e. The Balaban J connectivity index is 1.41. The molecule has 0 saturated heterocycles. The number of nitrogens with one attached hydrogen (secondary N) is 1. The van der Waals surface area contributed by atoms with Gasteiger partial charge in [-0.2, -0.15) is 0 Å². The first-order chi connectivity index (χ1) is 21.5. The summed E-state index contributed by atoms with van der Waals surface area (Å²) in [5.41, 5.74) is 4.22. The third kappa shape index (κ3) is 6.07. The average Bonchev–Trinajstić information content (AvgIpc) is 3.07. The third-order valence-electron chi connectivity index (χ3n) is 9.56. The third-order valence-corrected chi connectivity index (χ3v) is 9.56. The summed E-state index contributed by atoms with van der Waals surface area (Å²) in [6.45, 7) is 0.355. The molecular formula is C38H40N2O4. The molecule has 2 aliphatic carbocycles. The summed E-state index contributed by atoms with van der Waals surface area (Å²) in [5, 5.41) is 3.21. The van der Waals surface area contributed by atoms with E-state index >= 15 is 0 Å². The highest BCUT2D eigenvalue weighted by atomic mass is 16.5. The lowest BCUT2D eigenvalue weighted by Gasteiger charge is -2.51. The number of amides is 2. The van der Waals surface area contributed by atoms with Crippen molar-refractivity contribution < 1.29 is 19.1 Å². The van der Waals surface area contributed by atoms with Gasteiger partial charge in [-0.3, -0.25) is 9.59 Å². The predicted octanol–water partition coefficient (Wildman–Crippen LogP) is 6.87. The summed E-state index contributed by atoms with van der Waals surface area (Å²) in [6, 6.07) is 33.9. The van der Waals surface area contributed by atoms with Gasteiger partial charge in [-0.05, 0) is 78.3 Å². The highest BCUT2D eigenvalue weighted by Crippen LogP contribution is 2.47. The number of hydrogen-bond acceptors (Lipinski definition) is 4. The van der Waals surface area contributed by atoms with Crippen molar-refractivity contribution in [3.63, 3.8) is 0 Å². The Labute approximate surface area is 260 Å². The fraction of sp³-hybridized carbons (Fsp3) is 0.316. The molecule has 6 nitrogen and oxygen atoms in total. The smallest absolute Gasteiger partial charge is 0.250 e. The van der Waals surface area contributed by atoms with E-state index in [9.17, 15) is 9.59 Å². The van der Waals surface area contributed by atoms with Gasteiger partial charge in [0, 0.05) is 12.6 Å². The summed E-state index contributed by atoms with van der Waals surface area (Å²) in [4.78, 5) is 31.2. The molecule has 6 rings (SSSR count). The number of rotatable bonds is 9. The Morgan fingerprint density at radius 1 is 0.795 bits per heavy atom. The topological polar surface area (TPSA) is 67.9 Å². The van der Waals surface area contributed by atoms with Crippen molar-refractivity contribution in [1.82, 2.24) is 4.90 Å². The summed E-state index contributed by atoms with van der Waals surface area (Å²) in [5.74, 6) is 1.69. The maximum atomic E-state index is 14.8. The zero-order valence-electron chi connectivity index (χ0n) is 25.5. The molecule has 44 heavy (non-hydrogen) atoms. The molecule has 4 aromatic rings. The molecular weight excluding hydrogens is 548 g/mol. The molecule has 4 aromatic carbocycles. The molecule has 226 valence electrons. The number of carbonyl (C=O) groups excluding carboxylic acids is 2. The molecule has 1 saturated carbocycles. The van der Waals surface area contributed by atoms with E-state index in [-0.39, 0.29) is 24.2 Å². The first kappa shape index (κ1) is 29.5. The number of fused-ring (bicyclic) bond motifs is 2. The highest BCUT2D eigenvalue weighted by molar-refractivity contribution is 6.02. The van der Waals surface area contributed by atoms with E-state index in [2.05, 4.69) is 29.6 Å². The summed E-state index contributed by atoms with van der Waals surface area (Å²) >= 11 is 0. The highest BCUT2D eigenvalue weighted by Gasteiger charge is 2.52. The molecule has 0 spiro atoms. The van der Waals surface area contributed by atoms with Crippen LogP contribution in [0, 0.1) is 11.8 Å². The van der Waals surface area contributed by atoms with Gasteiger partial charge >= 0.3 is 0 Å². The van der Waals surface area contributed by atoms with Gasteiger partial charge in [0.25, 0.3) is 0 Å². The lowest BCUT2D eigenvalue weighted by atomic mass is 9.62. The van der Waals surface area contributed by atoms with E-state index in [0.717, 1.165) is 30.4 Å². The predicted molar refractivity (Wildman–Crippen MR) is 173 cm³/mol. The van der Waals surface area contributed by atoms with Crippen molar-refractivity contribution >= 4 is 17.5 Å². The molecule has 1 N–H and O–H groups in total. The van der Waals surface area contributed by atoms with Crippen LogP contribution in [0.3, 0.4) is 0 Å². The number of hydrogen-bond donors (Lipinski definition) is 1. The van der Waals surface area contributed by atoms with Crippen LogP contribution in [-0.4, -0.2) is 36.5 Å². The number of methoxy groups -OCH3 is 2. The van der Waals surface area contributed by atoms with Gasteiger partial charge in [0.1, 0.15) is 17.0 Å². The van der Waals surface area contributed by atoms with Crippen molar-refractivity contribution in [1.29, 1.82) is 0 Å². The second-order valence-corrected chi connectivity index (χ2v) is 12.1. The van der Waals surface area contributed by atoms with Gasteiger partial charge in [0.15, 0.2) is 0 Å². The number of carbonyl (C=O) groups is 2. The van der Waals surface area contributed by atoms with Crippen LogP contribution in [0.25, 0.3) is 0 Å². The molecule has 0 heterocycles. The zero-order valence-corrected chi connectivity index (χ0v) is 25.5. The van der Waals surface area contributed by atoms with Crippen molar-refractivity contribution in [2.45, 2.75) is 50.6 Å². The lowest BCUT2D eigenvalue weighted by molar-refractivity contribution is -0.150. The van der Waals surface area contributed by atoms with Crippen molar-refractivity contribution in [3.8, 4) is 11.5 Å². The minimum Gasteiger partial charge on any atom is -0.497 e. The fourth-order valence-corrected chi connectivity index (χ4v) is 7.22. The first-order valence-corrected chi connectivity index (χ1v) is 15.5. The van der Waals surface area contributed by atoms with Gasteiger partial charge in [0.2, 0.25) is 11.8 Å². The Hall–Kier alpha value is -4.58. The summed E-state index contributed by atoms with van der Waals surface area (Å²) in [6.07, 6.45) is 4.22. The molecule has 0 aromatic heterocycles. The van der Waals surface area contributed by atoms with Crippen molar-refractivity contribution in [2.24, 2.45) is 11.8 Å². The number of ether oxygens (including phenoxy) is 2. The Morgan fingerprint density at radius 3 is 2.09 bits per heavy atom. The first-order valence-electron chi connectivity index (χ1n) is 15.5. The molecule has 0 radical (unpaired) electrons. The second kappa shape index (κ2) is 13.0.